The van der Waals surface area contributed by atoms with Gasteiger partial charge < -0.3 is 20.5 Å². The molecule has 108 valence electrons. The molecule has 0 aromatic carbocycles. The predicted octanol–water partition coefficient (Wildman–Crippen LogP) is 1.51. The minimum absolute atomic E-state index is 0.250. The zero-order chi connectivity index (χ0) is 14.0. The average molecular weight is 260 g/mol. The molecular weight excluding hydrogens is 232 g/mol. The van der Waals surface area contributed by atoms with Gasteiger partial charge in [0.2, 0.25) is 0 Å². The quantitative estimate of drug-likeness (QED) is 0.579. The zero-order valence-electron chi connectivity index (χ0n) is 12.1. The molecule has 18 heavy (non-hydrogen) atoms. The van der Waals surface area contributed by atoms with E-state index in [4.69, 9.17) is 9.84 Å². The second-order valence-corrected chi connectivity index (χ2v) is 5.61. The van der Waals surface area contributed by atoms with Crippen molar-refractivity contribution < 1.29 is 14.6 Å². The highest BCUT2D eigenvalue weighted by molar-refractivity contribution is 5.67. The van der Waals surface area contributed by atoms with Crippen LogP contribution < -0.4 is 10.6 Å². The van der Waals surface area contributed by atoms with Gasteiger partial charge in [0.15, 0.2) is 0 Å². The SMILES string of the molecule is CC(CO)CCCNCCNC(=O)OC(C)(C)C. The Bertz CT molecular complexity index is 227. The van der Waals surface area contributed by atoms with Crippen LogP contribution in [-0.2, 0) is 4.74 Å². The Hall–Kier alpha value is -0.810. The Morgan fingerprint density at radius 3 is 2.50 bits per heavy atom. The number of carbonyl (C=O) groups is 1. The van der Waals surface area contributed by atoms with E-state index in [0.717, 1.165) is 25.9 Å². The normalized spacial score (nSPS) is 13.2. The van der Waals surface area contributed by atoms with Crippen molar-refractivity contribution in [2.75, 3.05) is 26.2 Å². The first-order chi connectivity index (χ1) is 8.35. The first-order valence-corrected chi connectivity index (χ1v) is 6.63. The molecule has 5 nitrogen and oxygen atoms in total. The van der Waals surface area contributed by atoms with E-state index in [-0.39, 0.29) is 12.7 Å². The number of ether oxygens (including phenoxy) is 1. The van der Waals surface area contributed by atoms with Crippen LogP contribution in [0.15, 0.2) is 0 Å². The van der Waals surface area contributed by atoms with Gasteiger partial charge in [0.1, 0.15) is 5.60 Å². The fraction of sp³-hybridized carbons (Fsp3) is 0.923. The highest BCUT2D eigenvalue weighted by Crippen LogP contribution is 2.06. The molecule has 3 N–H and O–H groups in total. The van der Waals surface area contributed by atoms with Crippen molar-refractivity contribution >= 4 is 6.09 Å². The van der Waals surface area contributed by atoms with Crippen molar-refractivity contribution in [3.63, 3.8) is 0 Å². The summed E-state index contributed by atoms with van der Waals surface area (Å²) < 4.78 is 5.11. The third-order valence-corrected chi connectivity index (χ3v) is 2.33. The van der Waals surface area contributed by atoms with Gasteiger partial charge in [0, 0.05) is 19.7 Å². The minimum Gasteiger partial charge on any atom is -0.444 e. The van der Waals surface area contributed by atoms with E-state index in [1.165, 1.54) is 0 Å². The summed E-state index contributed by atoms with van der Waals surface area (Å²) in [4.78, 5) is 11.3. The van der Waals surface area contributed by atoms with E-state index in [1.807, 2.05) is 27.7 Å². The van der Waals surface area contributed by atoms with Gasteiger partial charge in [-0.2, -0.15) is 0 Å². The molecule has 0 saturated carbocycles. The van der Waals surface area contributed by atoms with Crippen LogP contribution in [0.3, 0.4) is 0 Å². The van der Waals surface area contributed by atoms with Crippen molar-refractivity contribution in [1.82, 2.24) is 10.6 Å². The molecule has 0 aromatic rings. The fourth-order valence-electron chi connectivity index (χ4n) is 1.36. The summed E-state index contributed by atoms with van der Waals surface area (Å²) in [7, 11) is 0. The zero-order valence-corrected chi connectivity index (χ0v) is 12.1. The lowest BCUT2D eigenvalue weighted by molar-refractivity contribution is 0.0528. The molecule has 0 aliphatic rings. The number of hydrogen-bond donors (Lipinski definition) is 3. The van der Waals surface area contributed by atoms with E-state index in [0.29, 0.717) is 12.5 Å². The Morgan fingerprint density at radius 2 is 1.94 bits per heavy atom. The molecule has 0 aromatic heterocycles. The van der Waals surface area contributed by atoms with Gasteiger partial charge in [-0.15, -0.1) is 0 Å². The number of amides is 1. The van der Waals surface area contributed by atoms with Crippen molar-refractivity contribution in [3.05, 3.63) is 0 Å². The van der Waals surface area contributed by atoms with Crippen molar-refractivity contribution in [3.8, 4) is 0 Å². The van der Waals surface area contributed by atoms with Gasteiger partial charge in [-0.25, -0.2) is 4.79 Å². The molecule has 0 rings (SSSR count). The summed E-state index contributed by atoms with van der Waals surface area (Å²) in [5, 5.41) is 14.8. The predicted molar refractivity (Wildman–Crippen MR) is 72.6 cm³/mol. The Balaban J connectivity index is 3.33. The molecule has 0 saturated heterocycles. The Labute approximate surface area is 110 Å². The second-order valence-electron chi connectivity index (χ2n) is 5.61. The van der Waals surface area contributed by atoms with Crippen molar-refractivity contribution in [1.29, 1.82) is 0 Å². The van der Waals surface area contributed by atoms with E-state index < -0.39 is 5.60 Å². The van der Waals surface area contributed by atoms with E-state index in [9.17, 15) is 4.79 Å². The van der Waals surface area contributed by atoms with Crippen molar-refractivity contribution in [2.45, 2.75) is 46.1 Å². The number of hydrogen-bond acceptors (Lipinski definition) is 4. The van der Waals surface area contributed by atoms with E-state index in [1.54, 1.807) is 0 Å². The summed E-state index contributed by atoms with van der Waals surface area (Å²) in [5.74, 6) is 0.367. The molecule has 0 fully saturated rings. The van der Waals surface area contributed by atoms with Crippen LogP contribution in [0.5, 0.6) is 0 Å². The van der Waals surface area contributed by atoms with Crippen LogP contribution in [0.1, 0.15) is 40.5 Å². The molecule has 0 spiro atoms. The van der Waals surface area contributed by atoms with Gasteiger partial charge in [-0.3, -0.25) is 0 Å². The van der Waals surface area contributed by atoms with Crippen LogP contribution >= 0.6 is 0 Å². The lowest BCUT2D eigenvalue weighted by atomic mass is 10.1. The summed E-state index contributed by atoms with van der Waals surface area (Å²) >= 11 is 0. The number of alkyl carbamates (subject to hydrolysis) is 1. The average Bonchev–Trinajstić information content (AvgIpc) is 2.25. The molecule has 0 aliphatic carbocycles. The first kappa shape index (κ1) is 17.2. The fourth-order valence-corrected chi connectivity index (χ4v) is 1.36. The minimum atomic E-state index is -0.446. The van der Waals surface area contributed by atoms with Gasteiger partial charge in [-0.1, -0.05) is 6.92 Å². The largest absolute Gasteiger partial charge is 0.444 e. The molecule has 1 amide bonds. The summed E-state index contributed by atoms with van der Waals surface area (Å²) in [5.41, 5.74) is -0.446. The molecule has 1 unspecified atom stereocenters. The molecule has 1 atom stereocenters. The molecule has 0 radical (unpaired) electrons. The molecule has 5 heteroatoms. The smallest absolute Gasteiger partial charge is 0.407 e. The van der Waals surface area contributed by atoms with Gasteiger partial charge in [0.05, 0.1) is 0 Å². The number of nitrogens with one attached hydrogen (secondary N) is 2. The highest BCUT2D eigenvalue weighted by atomic mass is 16.6. The third kappa shape index (κ3) is 11.7. The second kappa shape index (κ2) is 9.16. The number of aliphatic hydroxyl groups is 1. The maximum atomic E-state index is 11.3. The first-order valence-electron chi connectivity index (χ1n) is 6.63. The Morgan fingerprint density at radius 1 is 1.28 bits per heavy atom. The van der Waals surface area contributed by atoms with Crippen LogP contribution in [-0.4, -0.2) is 43.0 Å². The third-order valence-electron chi connectivity index (χ3n) is 2.33. The Kier molecular flexibility index (Phi) is 8.75. The van der Waals surface area contributed by atoms with Crippen molar-refractivity contribution in [2.24, 2.45) is 5.92 Å². The molecule has 0 bridgehead atoms. The van der Waals surface area contributed by atoms with Crippen LogP contribution in [0.4, 0.5) is 4.79 Å². The van der Waals surface area contributed by atoms with Gasteiger partial charge >= 0.3 is 6.09 Å². The van der Waals surface area contributed by atoms with Crippen LogP contribution in [0, 0.1) is 5.92 Å². The summed E-state index contributed by atoms with van der Waals surface area (Å²) in [6.45, 7) is 10.00. The number of aliphatic hydroxyl groups excluding tert-OH is 1. The maximum Gasteiger partial charge on any atom is 0.407 e. The van der Waals surface area contributed by atoms with Crippen LogP contribution in [0.2, 0.25) is 0 Å². The topological polar surface area (TPSA) is 70.6 Å². The standard InChI is InChI=1S/C13H28N2O3/c1-11(10-16)6-5-7-14-8-9-15-12(17)18-13(2,3)4/h11,14,16H,5-10H2,1-4H3,(H,15,17). The van der Waals surface area contributed by atoms with Crippen LogP contribution in [0.25, 0.3) is 0 Å². The van der Waals surface area contributed by atoms with E-state index in [2.05, 4.69) is 10.6 Å². The van der Waals surface area contributed by atoms with Gasteiger partial charge in [-0.05, 0) is 46.1 Å². The monoisotopic (exact) mass is 260 g/mol. The maximum absolute atomic E-state index is 11.3. The molecular formula is C13H28N2O3. The number of rotatable bonds is 8. The molecule has 0 aliphatic heterocycles. The lowest BCUT2D eigenvalue weighted by Crippen LogP contribution is -2.36. The molecule has 0 heterocycles. The lowest BCUT2D eigenvalue weighted by Gasteiger charge is -2.19. The van der Waals surface area contributed by atoms with Gasteiger partial charge in [0.25, 0.3) is 0 Å². The number of carbonyl (C=O) groups excluding carboxylic acids is 1. The summed E-state index contributed by atoms with van der Waals surface area (Å²) in [6.07, 6.45) is 1.68. The highest BCUT2D eigenvalue weighted by Gasteiger charge is 2.15. The van der Waals surface area contributed by atoms with E-state index >= 15 is 0 Å². The summed E-state index contributed by atoms with van der Waals surface area (Å²) in [6, 6.07) is 0.